The van der Waals surface area contributed by atoms with Crippen LogP contribution in [0.4, 0.5) is 0 Å². The topological polar surface area (TPSA) is 0 Å². The summed E-state index contributed by atoms with van der Waals surface area (Å²) in [6.07, 6.45) is 0. The third kappa shape index (κ3) is 9.86. The molecule has 0 bridgehead atoms. The smallest absolute Gasteiger partial charge is 0.0476 e. The van der Waals surface area contributed by atoms with Crippen LogP contribution in [0, 0.1) is 20.8 Å². The van der Waals surface area contributed by atoms with E-state index in [1.807, 2.05) is 42.5 Å². The van der Waals surface area contributed by atoms with Crippen LogP contribution >= 0.6 is 34.8 Å². The van der Waals surface area contributed by atoms with Crippen molar-refractivity contribution in [1.82, 2.24) is 0 Å². The van der Waals surface area contributed by atoms with E-state index in [0.717, 1.165) is 0 Å². The minimum absolute atomic E-state index is 0.611. The Labute approximate surface area is 179 Å². The Balaban J connectivity index is 0.000000202. The summed E-state index contributed by atoms with van der Waals surface area (Å²) in [4.78, 5) is 0. The molecule has 0 amide bonds. The zero-order chi connectivity index (χ0) is 20.1. The molecule has 0 atom stereocenters. The van der Waals surface area contributed by atoms with Crippen LogP contribution in [-0.2, 0) is 17.6 Å². The molecule has 3 rings (SSSR count). The van der Waals surface area contributed by atoms with Crippen molar-refractivity contribution in [3.8, 4) is 0 Å². The molecule has 0 saturated heterocycles. The highest BCUT2D eigenvalue weighted by molar-refractivity contribution is 6.17. The van der Waals surface area contributed by atoms with Crippen molar-refractivity contribution in [2.75, 3.05) is 0 Å². The molecular weight excluding hydrogens is 395 g/mol. The van der Waals surface area contributed by atoms with Gasteiger partial charge in [0.15, 0.2) is 0 Å². The molecule has 0 spiro atoms. The summed E-state index contributed by atoms with van der Waals surface area (Å²) >= 11 is 16.8. The molecule has 0 aliphatic carbocycles. The minimum atomic E-state index is 0.611. The normalized spacial score (nSPS) is 9.56. The van der Waals surface area contributed by atoms with Crippen molar-refractivity contribution in [1.29, 1.82) is 0 Å². The fourth-order valence-electron chi connectivity index (χ4n) is 2.23. The largest absolute Gasteiger partial charge is 0.122 e. The maximum absolute atomic E-state index is 5.63. The fourth-order valence-corrected chi connectivity index (χ4v) is 2.88. The zero-order valence-electron chi connectivity index (χ0n) is 16.2. The number of benzene rings is 3. The Morgan fingerprint density at radius 3 is 1.63 bits per heavy atom. The van der Waals surface area contributed by atoms with E-state index in [9.17, 15) is 0 Å². The Bertz CT molecular complexity index is 780. The molecule has 0 saturated carbocycles. The number of aryl methyl sites for hydroxylation is 3. The molecule has 0 N–H and O–H groups in total. The summed E-state index contributed by atoms with van der Waals surface area (Å²) < 4.78 is 0. The van der Waals surface area contributed by atoms with Crippen molar-refractivity contribution in [2.24, 2.45) is 0 Å². The molecule has 0 radical (unpaired) electrons. The van der Waals surface area contributed by atoms with Gasteiger partial charge >= 0.3 is 0 Å². The molecule has 27 heavy (non-hydrogen) atoms. The first-order chi connectivity index (χ1) is 13.0. The molecule has 3 aromatic rings. The van der Waals surface area contributed by atoms with Gasteiger partial charge in [0, 0.05) is 17.6 Å². The monoisotopic (exact) mass is 420 g/mol. The maximum Gasteiger partial charge on any atom is 0.0476 e. The average Bonchev–Trinajstić information content (AvgIpc) is 2.70. The fraction of sp³-hybridized carbons (Fsp3) is 0.250. The lowest BCUT2D eigenvalue weighted by molar-refractivity contribution is 1.30. The molecule has 0 fully saturated rings. The number of hydrogen-bond donors (Lipinski definition) is 0. The Hall–Kier alpha value is -1.47. The Morgan fingerprint density at radius 1 is 0.556 bits per heavy atom. The quantitative estimate of drug-likeness (QED) is 0.374. The second-order valence-electron chi connectivity index (χ2n) is 6.30. The van der Waals surface area contributed by atoms with E-state index in [1.54, 1.807) is 0 Å². The molecule has 3 aromatic carbocycles. The van der Waals surface area contributed by atoms with Crippen LogP contribution in [0.2, 0.25) is 0 Å². The first-order valence-corrected chi connectivity index (χ1v) is 10.4. The lowest BCUT2D eigenvalue weighted by atomic mass is 10.1. The summed E-state index contributed by atoms with van der Waals surface area (Å²) in [5.41, 5.74) is 7.42. The van der Waals surface area contributed by atoms with E-state index in [4.69, 9.17) is 34.8 Å². The van der Waals surface area contributed by atoms with E-state index in [2.05, 4.69) is 51.1 Å². The van der Waals surface area contributed by atoms with E-state index in [0.29, 0.717) is 17.6 Å². The Morgan fingerprint density at radius 2 is 1.19 bits per heavy atom. The molecule has 0 heterocycles. The lowest BCUT2D eigenvalue weighted by Crippen LogP contribution is -1.80. The molecule has 144 valence electrons. The molecule has 3 heteroatoms. The number of hydrogen-bond acceptors (Lipinski definition) is 0. The highest BCUT2D eigenvalue weighted by atomic mass is 35.5. The van der Waals surface area contributed by atoms with Gasteiger partial charge in [-0.1, -0.05) is 83.9 Å². The third-order valence-corrected chi connectivity index (χ3v) is 4.82. The third-order valence-electron chi connectivity index (χ3n) is 3.92. The van der Waals surface area contributed by atoms with Gasteiger partial charge in [-0.3, -0.25) is 0 Å². The summed E-state index contributed by atoms with van der Waals surface area (Å²) in [5, 5.41) is 0. The van der Waals surface area contributed by atoms with Gasteiger partial charge in [0.2, 0.25) is 0 Å². The van der Waals surface area contributed by atoms with Crippen LogP contribution in [0.15, 0.2) is 72.8 Å². The first-order valence-electron chi connectivity index (χ1n) is 8.83. The summed E-state index contributed by atoms with van der Waals surface area (Å²) in [6.45, 7) is 6.20. The van der Waals surface area contributed by atoms with E-state index >= 15 is 0 Å². The van der Waals surface area contributed by atoms with Crippen molar-refractivity contribution in [2.45, 2.75) is 38.4 Å². The summed E-state index contributed by atoms with van der Waals surface area (Å²) in [6, 6.07) is 24.6. The standard InChI is InChI=1S/3C8H9Cl/c1-7-2-4-8(6-9)5-3-7;1-7-3-2-4-8(5-7)6-9;1-7-4-2-3-5-8(7)6-9/h3*2-5H,6H2,1H3. The van der Waals surface area contributed by atoms with Gasteiger partial charge in [0.05, 0.1) is 0 Å². The van der Waals surface area contributed by atoms with Crippen LogP contribution in [0.5, 0.6) is 0 Å². The van der Waals surface area contributed by atoms with Gasteiger partial charge < -0.3 is 0 Å². The van der Waals surface area contributed by atoms with E-state index < -0.39 is 0 Å². The summed E-state index contributed by atoms with van der Waals surface area (Å²) in [5.74, 6) is 1.84. The SMILES string of the molecule is Cc1ccc(CCl)cc1.Cc1cccc(CCl)c1.Cc1ccccc1CCl. The Kier molecular flexibility index (Phi) is 11.9. The van der Waals surface area contributed by atoms with E-state index in [-0.39, 0.29) is 0 Å². The lowest BCUT2D eigenvalue weighted by Gasteiger charge is -1.97. The maximum atomic E-state index is 5.63. The highest BCUT2D eigenvalue weighted by Crippen LogP contribution is 2.08. The number of rotatable bonds is 3. The van der Waals surface area contributed by atoms with Gasteiger partial charge in [0.1, 0.15) is 0 Å². The van der Waals surface area contributed by atoms with Crippen LogP contribution in [0.3, 0.4) is 0 Å². The van der Waals surface area contributed by atoms with Gasteiger partial charge in [-0.2, -0.15) is 0 Å². The minimum Gasteiger partial charge on any atom is -0.122 e. The van der Waals surface area contributed by atoms with Crippen molar-refractivity contribution >= 4 is 34.8 Å². The molecule has 0 unspecified atom stereocenters. The number of halogens is 3. The molecule has 0 nitrogen and oxygen atoms in total. The van der Waals surface area contributed by atoms with Crippen LogP contribution in [0.1, 0.15) is 33.4 Å². The first kappa shape index (κ1) is 23.6. The predicted molar refractivity (Wildman–Crippen MR) is 122 cm³/mol. The van der Waals surface area contributed by atoms with Gasteiger partial charge in [-0.25, -0.2) is 0 Å². The van der Waals surface area contributed by atoms with Gasteiger partial charge in [0.25, 0.3) is 0 Å². The number of alkyl halides is 3. The predicted octanol–water partition coefficient (Wildman–Crippen LogP) is 8.20. The molecule has 0 aliphatic rings. The van der Waals surface area contributed by atoms with Crippen LogP contribution in [-0.4, -0.2) is 0 Å². The second kappa shape index (κ2) is 13.7. The highest BCUT2D eigenvalue weighted by Gasteiger charge is 1.91. The van der Waals surface area contributed by atoms with Gasteiger partial charge in [-0.05, 0) is 43.0 Å². The van der Waals surface area contributed by atoms with E-state index in [1.165, 1.54) is 33.4 Å². The average molecular weight is 422 g/mol. The van der Waals surface area contributed by atoms with Crippen molar-refractivity contribution < 1.29 is 0 Å². The molecule has 0 aliphatic heterocycles. The van der Waals surface area contributed by atoms with Crippen LogP contribution in [0.25, 0.3) is 0 Å². The zero-order valence-corrected chi connectivity index (χ0v) is 18.5. The van der Waals surface area contributed by atoms with Crippen molar-refractivity contribution in [3.05, 3.63) is 106 Å². The van der Waals surface area contributed by atoms with Crippen molar-refractivity contribution in [3.63, 3.8) is 0 Å². The molecule has 0 aromatic heterocycles. The molecular formula is C24H27Cl3. The van der Waals surface area contributed by atoms with Crippen LogP contribution < -0.4 is 0 Å². The van der Waals surface area contributed by atoms with Gasteiger partial charge in [-0.15, -0.1) is 34.8 Å². The summed E-state index contributed by atoms with van der Waals surface area (Å²) in [7, 11) is 0. The second-order valence-corrected chi connectivity index (χ2v) is 7.10.